The Kier molecular flexibility index (Phi) is 1.88. The van der Waals surface area contributed by atoms with Crippen molar-refractivity contribution in [2.45, 2.75) is 44.3 Å². The highest BCUT2D eigenvalue weighted by Crippen LogP contribution is 2.49. The summed E-state index contributed by atoms with van der Waals surface area (Å²) in [7, 11) is 0. The summed E-state index contributed by atoms with van der Waals surface area (Å²) in [5.74, 6) is 1.46. The van der Waals surface area contributed by atoms with E-state index in [0.717, 1.165) is 19.1 Å². The molecular formula is C11H18O2. The number of rotatable bonds is 0. The fourth-order valence-electron chi connectivity index (χ4n) is 3.42. The van der Waals surface area contributed by atoms with Gasteiger partial charge in [-0.1, -0.05) is 12.8 Å². The molecular weight excluding hydrogens is 164 g/mol. The lowest BCUT2D eigenvalue weighted by molar-refractivity contribution is -0.217. The number of hydrogen-bond acceptors (Lipinski definition) is 2. The van der Waals surface area contributed by atoms with Crippen LogP contribution >= 0.6 is 0 Å². The van der Waals surface area contributed by atoms with Crippen LogP contribution in [0, 0.1) is 11.8 Å². The average Bonchev–Trinajstić information content (AvgIpc) is 2.39. The molecule has 0 aromatic carbocycles. The van der Waals surface area contributed by atoms with Crippen LogP contribution in [0.25, 0.3) is 0 Å². The van der Waals surface area contributed by atoms with Gasteiger partial charge in [-0.3, -0.25) is 0 Å². The molecule has 74 valence electrons. The highest BCUT2D eigenvalue weighted by molar-refractivity contribution is 4.92. The second kappa shape index (κ2) is 2.96. The summed E-state index contributed by atoms with van der Waals surface area (Å²) in [6, 6.07) is 0. The largest absolute Gasteiger partial charge is 0.347 e. The lowest BCUT2D eigenvalue weighted by Gasteiger charge is -2.40. The Hall–Kier alpha value is -0.0800. The number of ether oxygens (including phenoxy) is 2. The van der Waals surface area contributed by atoms with Gasteiger partial charge in [0.1, 0.15) is 0 Å². The van der Waals surface area contributed by atoms with E-state index < -0.39 is 0 Å². The monoisotopic (exact) mass is 182 g/mol. The topological polar surface area (TPSA) is 18.5 Å². The fraction of sp³-hybridized carbons (Fsp3) is 1.00. The Morgan fingerprint density at radius 1 is 0.923 bits per heavy atom. The SMILES string of the molecule is C1CC2CCC(C1)C1(C2)OCCO1. The molecule has 0 aromatic rings. The highest BCUT2D eigenvalue weighted by atomic mass is 16.7. The van der Waals surface area contributed by atoms with Gasteiger partial charge in [-0.25, -0.2) is 0 Å². The molecule has 0 N–H and O–H groups in total. The van der Waals surface area contributed by atoms with Gasteiger partial charge in [0.25, 0.3) is 0 Å². The van der Waals surface area contributed by atoms with Crippen LogP contribution in [0.3, 0.4) is 0 Å². The molecule has 4 rings (SSSR count). The van der Waals surface area contributed by atoms with E-state index in [1.807, 2.05) is 0 Å². The van der Waals surface area contributed by atoms with E-state index in [1.165, 1.54) is 38.5 Å². The fourth-order valence-corrected chi connectivity index (χ4v) is 3.42. The van der Waals surface area contributed by atoms with Crippen LogP contribution in [0.2, 0.25) is 0 Å². The van der Waals surface area contributed by atoms with Gasteiger partial charge in [0.05, 0.1) is 13.2 Å². The van der Waals surface area contributed by atoms with Crippen molar-refractivity contribution in [3.63, 3.8) is 0 Å². The Balaban J connectivity index is 1.87. The molecule has 2 bridgehead atoms. The van der Waals surface area contributed by atoms with Gasteiger partial charge in [-0.05, 0) is 25.2 Å². The number of fused-ring (bicyclic) bond motifs is 3. The third-order valence-electron chi connectivity index (χ3n) is 4.06. The predicted molar refractivity (Wildman–Crippen MR) is 49.3 cm³/mol. The van der Waals surface area contributed by atoms with E-state index in [2.05, 4.69) is 0 Å². The molecule has 2 heteroatoms. The molecule has 2 atom stereocenters. The van der Waals surface area contributed by atoms with E-state index in [0.29, 0.717) is 5.92 Å². The molecule has 4 fully saturated rings. The van der Waals surface area contributed by atoms with Crippen molar-refractivity contribution in [2.24, 2.45) is 11.8 Å². The maximum absolute atomic E-state index is 5.87. The Labute approximate surface area is 79.6 Å². The van der Waals surface area contributed by atoms with E-state index in [-0.39, 0.29) is 5.79 Å². The smallest absolute Gasteiger partial charge is 0.171 e. The summed E-state index contributed by atoms with van der Waals surface area (Å²) >= 11 is 0. The van der Waals surface area contributed by atoms with Crippen molar-refractivity contribution in [1.82, 2.24) is 0 Å². The van der Waals surface area contributed by atoms with Gasteiger partial charge in [-0.15, -0.1) is 0 Å². The van der Waals surface area contributed by atoms with E-state index in [4.69, 9.17) is 9.47 Å². The molecule has 2 unspecified atom stereocenters. The van der Waals surface area contributed by atoms with Crippen molar-refractivity contribution < 1.29 is 9.47 Å². The molecule has 3 saturated carbocycles. The molecule has 2 nitrogen and oxygen atoms in total. The zero-order valence-electron chi connectivity index (χ0n) is 8.13. The maximum atomic E-state index is 5.87. The summed E-state index contributed by atoms with van der Waals surface area (Å²) in [5, 5.41) is 0. The first-order chi connectivity index (χ1) is 6.39. The van der Waals surface area contributed by atoms with Gasteiger partial charge >= 0.3 is 0 Å². The minimum Gasteiger partial charge on any atom is -0.347 e. The lowest BCUT2D eigenvalue weighted by Crippen LogP contribution is -2.42. The van der Waals surface area contributed by atoms with Gasteiger partial charge in [0.2, 0.25) is 0 Å². The average molecular weight is 182 g/mol. The predicted octanol–water partition coefficient (Wildman–Crippen LogP) is 2.33. The van der Waals surface area contributed by atoms with Crippen molar-refractivity contribution in [3.8, 4) is 0 Å². The summed E-state index contributed by atoms with van der Waals surface area (Å²) in [6.07, 6.45) is 8.06. The maximum Gasteiger partial charge on any atom is 0.171 e. The molecule has 0 radical (unpaired) electrons. The van der Waals surface area contributed by atoms with Crippen molar-refractivity contribution in [3.05, 3.63) is 0 Å². The summed E-state index contributed by atoms with van der Waals surface area (Å²) in [4.78, 5) is 0. The van der Waals surface area contributed by atoms with Gasteiger partial charge < -0.3 is 9.47 Å². The van der Waals surface area contributed by atoms with Crippen molar-refractivity contribution >= 4 is 0 Å². The van der Waals surface area contributed by atoms with Crippen LogP contribution in [0.4, 0.5) is 0 Å². The number of hydrogen-bond donors (Lipinski definition) is 0. The zero-order valence-corrected chi connectivity index (χ0v) is 8.13. The van der Waals surface area contributed by atoms with Crippen LogP contribution in [0.1, 0.15) is 38.5 Å². The Morgan fingerprint density at radius 2 is 1.77 bits per heavy atom. The minimum atomic E-state index is -0.126. The van der Waals surface area contributed by atoms with Gasteiger partial charge in [0.15, 0.2) is 5.79 Å². The first-order valence-electron chi connectivity index (χ1n) is 5.67. The molecule has 4 aliphatic rings. The first-order valence-corrected chi connectivity index (χ1v) is 5.67. The van der Waals surface area contributed by atoms with Crippen LogP contribution in [-0.4, -0.2) is 19.0 Å². The normalized spacial score (nSPS) is 42.5. The van der Waals surface area contributed by atoms with Crippen molar-refractivity contribution in [2.75, 3.05) is 13.2 Å². The van der Waals surface area contributed by atoms with Crippen molar-refractivity contribution in [1.29, 1.82) is 0 Å². The third-order valence-corrected chi connectivity index (χ3v) is 4.06. The molecule has 3 aliphatic carbocycles. The summed E-state index contributed by atoms with van der Waals surface area (Å²) in [6.45, 7) is 1.65. The molecule has 13 heavy (non-hydrogen) atoms. The molecule has 1 spiro atoms. The molecule has 0 aromatic heterocycles. The summed E-state index contributed by atoms with van der Waals surface area (Å²) in [5.41, 5.74) is 0. The van der Waals surface area contributed by atoms with Crippen LogP contribution < -0.4 is 0 Å². The third kappa shape index (κ3) is 1.23. The zero-order chi connectivity index (χ0) is 8.73. The van der Waals surface area contributed by atoms with E-state index in [1.54, 1.807) is 0 Å². The highest BCUT2D eigenvalue weighted by Gasteiger charge is 2.49. The standard InChI is InChI=1S/C11H18O2/c1-2-9-4-5-10(3-1)11(8-9)12-6-7-13-11/h9-10H,1-8H2. The van der Waals surface area contributed by atoms with Crippen LogP contribution in [-0.2, 0) is 9.47 Å². The molecule has 1 saturated heterocycles. The quantitative estimate of drug-likeness (QED) is 0.572. The summed E-state index contributed by atoms with van der Waals surface area (Å²) < 4.78 is 11.7. The second-order valence-corrected chi connectivity index (χ2v) is 4.78. The van der Waals surface area contributed by atoms with Crippen LogP contribution in [0.15, 0.2) is 0 Å². The Bertz CT molecular complexity index is 192. The van der Waals surface area contributed by atoms with E-state index >= 15 is 0 Å². The lowest BCUT2D eigenvalue weighted by atomic mass is 9.79. The second-order valence-electron chi connectivity index (χ2n) is 4.78. The molecule has 0 amide bonds. The van der Waals surface area contributed by atoms with E-state index in [9.17, 15) is 0 Å². The van der Waals surface area contributed by atoms with Crippen LogP contribution in [0.5, 0.6) is 0 Å². The van der Waals surface area contributed by atoms with Gasteiger partial charge in [-0.2, -0.15) is 0 Å². The van der Waals surface area contributed by atoms with Gasteiger partial charge in [0, 0.05) is 12.3 Å². The molecule has 1 aliphatic heterocycles. The molecule has 1 heterocycles. The Morgan fingerprint density at radius 3 is 2.62 bits per heavy atom. The first kappa shape index (κ1) is 8.25. The minimum absolute atomic E-state index is 0.126.